The molecule has 1 atom stereocenters. The maximum atomic E-state index is 13.1. The van der Waals surface area contributed by atoms with Crippen molar-refractivity contribution in [3.63, 3.8) is 0 Å². The summed E-state index contributed by atoms with van der Waals surface area (Å²) in [6.07, 6.45) is 1.14. The Morgan fingerprint density at radius 2 is 2.24 bits per heavy atom. The average molecular weight is 305 g/mol. The first-order valence-electron chi connectivity index (χ1n) is 5.38. The van der Waals surface area contributed by atoms with Crippen LogP contribution in [0.1, 0.15) is 26.2 Å². The predicted molar refractivity (Wildman–Crippen MR) is 65.7 cm³/mol. The van der Waals surface area contributed by atoms with E-state index in [1.54, 1.807) is 6.07 Å². The van der Waals surface area contributed by atoms with E-state index in [0.717, 1.165) is 12.8 Å². The topological polar surface area (TPSA) is 46.5 Å². The first-order chi connectivity index (χ1) is 8.02. The molecular formula is C12H14BrFO3. The molecule has 0 fully saturated rings. The minimum Gasteiger partial charge on any atom is -0.479 e. The van der Waals surface area contributed by atoms with Gasteiger partial charge in [0.2, 0.25) is 0 Å². The van der Waals surface area contributed by atoms with E-state index >= 15 is 0 Å². The molecule has 0 aliphatic carbocycles. The third-order valence-electron chi connectivity index (χ3n) is 2.21. The monoisotopic (exact) mass is 304 g/mol. The largest absolute Gasteiger partial charge is 0.479 e. The van der Waals surface area contributed by atoms with Crippen LogP contribution in [0.3, 0.4) is 0 Å². The third-order valence-corrected chi connectivity index (χ3v) is 2.67. The standard InChI is InChI=1S/C12H14BrFO3/c1-2-3-4-11(12(15)16)17-10-6-8(13)5-9(14)7-10/h5-7,11H,2-4H2,1H3,(H,15,16). The van der Waals surface area contributed by atoms with Crippen molar-refractivity contribution in [3.8, 4) is 5.75 Å². The Morgan fingerprint density at radius 3 is 2.76 bits per heavy atom. The number of hydrogen-bond acceptors (Lipinski definition) is 2. The molecule has 0 amide bonds. The van der Waals surface area contributed by atoms with Crippen molar-refractivity contribution in [2.24, 2.45) is 0 Å². The zero-order valence-electron chi connectivity index (χ0n) is 9.45. The fraction of sp³-hybridized carbons (Fsp3) is 0.417. The summed E-state index contributed by atoms with van der Waals surface area (Å²) in [4.78, 5) is 10.9. The van der Waals surface area contributed by atoms with Crippen molar-refractivity contribution in [2.75, 3.05) is 0 Å². The molecule has 17 heavy (non-hydrogen) atoms. The number of ether oxygens (including phenoxy) is 1. The maximum absolute atomic E-state index is 13.1. The second-order valence-electron chi connectivity index (χ2n) is 3.69. The highest BCUT2D eigenvalue weighted by Gasteiger charge is 2.19. The Kier molecular flexibility index (Phi) is 5.41. The molecular weight excluding hydrogens is 291 g/mol. The number of aliphatic carboxylic acids is 1. The summed E-state index contributed by atoms with van der Waals surface area (Å²) in [6, 6.07) is 4.01. The van der Waals surface area contributed by atoms with E-state index < -0.39 is 17.9 Å². The number of benzene rings is 1. The summed E-state index contributed by atoms with van der Waals surface area (Å²) >= 11 is 3.13. The predicted octanol–water partition coefficient (Wildman–Crippen LogP) is 3.61. The second-order valence-corrected chi connectivity index (χ2v) is 4.61. The highest BCUT2D eigenvalue weighted by atomic mass is 79.9. The van der Waals surface area contributed by atoms with Gasteiger partial charge in [-0.05, 0) is 25.0 Å². The molecule has 0 aliphatic heterocycles. The lowest BCUT2D eigenvalue weighted by molar-refractivity contribution is -0.145. The number of rotatable bonds is 6. The first-order valence-corrected chi connectivity index (χ1v) is 6.17. The Balaban J connectivity index is 2.74. The highest BCUT2D eigenvalue weighted by molar-refractivity contribution is 9.10. The number of carboxylic acids is 1. The van der Waals surface area contributed by atoms with Crippen LogP contribution in [0.25, 0.3) is 0 Å². The lowest BCUT2D eigenvalue weighted by Gasteiger charge is -2.15. The Bertz CT molecular complexity index is 375. The van der Waals surface area contributed by atoms with E-state index in [0.29, 0.717) is 10.9 Å². The SMILES string of the molecule is CCCCC(Oc1cc(F)cc(Br)c1)C(=O)O. The van der Waals surface area contributed by atoms with Gasteiger partial charge in [0.15, 0.2) is 6.10 Å². The Morgan fingerprint density at radius 1 is 1.53 bits per heavy atom. The molecule has 0 heterocycles. The summed E-state index contributed by atoms with van der Waals surface area (Å²) < 4.78 is 18.9. The van der Waals surface area contributed by atoms with E-state index in [1.807, 2.05) is 6.92 Å². The zero-order chi connectivity index (χ0) is 12.8. The van der Waals surface area contributed by atoms with Gasteiger partial charge in [-0.25, -0.2) is 9.18 Å². The molecule has 0 bridgehead atoms. The summed E-state index contributed by atoms with van der Waals surface area (Å²) in [5.41, 5.74) is 0. The van der Waals surface area contributed by atoms with Crippen LogP contribution in [-0.2, 0) is 4.79 Å². The summed E-state index contributed by atoms with van der Waals surface area (Å²) in [7, 11) is 0. The van der Waals surface area contributed by atoms with Crippen LogP contribution in [0.15, 0.2) is 22.7 Å². The molecule has 0 aliphatic rings. The van der Waals surface area contributed by atoms with Crippen LogP contribution >= 0.6 is 15.9 Å². The minimum atomic E-state index is -1.03. The molecule has 94 valence electrons. The highest BCUT2D eigenvalue weighted by Crippen LogP contribution is 2.22. The van der Waals surface area contributed by atoms with Crippen molar-refractivity contribution in [3.05, 3.63) is 28.5 Å². The molecule has 1 aromatic carbocycles. The van der Waals surface area contributed by atoms with Gasteiger partial charge in [-0.2, -0.15) is 0 Å². The smallest absolute Gasteiger partial charge is 0.344 e. The molecule has 1 rings (SSSR count). The number of carbonyl (C=O) groups is 1. The van der Waals surface area contributed by atoms with E-state index in [4.69, 9.17) is 9.84 Å². The second kappa shape index (κ2) is 6.59. The van der Waals surface area contributed by atoms with Crippen molar-refractivity contribution >= 4 is 21.9 Å². The van der Waals surface area contributed by atoms with Gasteiger partial charge < -0.3 is 9.84 Å². The third kappa shape index (κ3) is 4.73. The summed E-state index contributed by atoms with van der Waals surface area (Å²) in [5.74, 6) is -1.27. The maximum Gasteiger partial charge on any atom is 0.344 e. The van der Waals surface area contributed by atoms with Crippen LogP contribution in [0.2, 0.25) is 0 Å². The lowest BCUT2D eigenvalue weighted by atomic mass is 10.1. The average Bonchev–Trinajstić information content (AvgIpc) is 2.22. The molecule has 1 unspecified atom stereocenters. The Labute approximate surface area is 108 Å². The number of carboxylic acid groups (broad SMARTS) is 1. The van der Waals surface area contributed by atoms with Gasteiger partial charge in [0, 0.05) is 10.5 Å². The van der Waals surface area contributed by atoms with Gasteiger partial charge in [0.25, 0.3) is 0 Å². The van der Waals surface area contributed by atoms with Crippen LogP contribution in [0.4, 0.5) is 4.39 Å². The van der Waals surface area contributed by atoms with Crippen LogP contribution in [0.5, 0.6) is 5.75 Å². The van der Waals surface area contributed by atoms with E-state index in [1.165, 1.54) is 12.1 Å². The molecule has 0 aromatic heterocycles. The summed E-state index contributed by atoms with van der Waals surface area (Å²) in [6.45, 7) is 1.97. The van der Waals surface area contributed by atoms with E-state index in [-0.39, 0.29) is 5.75 Å². The van der Waals surface area contributed by atoms with Crippen LogP contribution in [-0.4, -0.2) is 17.2 Å². The number of unbranched alkanes of at least 4 members (excludes halogenated alkanes) is 1. The Hall–Kier alpha value is -1.10. The van der Waals surface area contributed by atoms with Gasteiger partial charge in [-0.3, -0.25) is 0 Å². The van der Waals surface area contributed by atoms with Crippen molar-refractivity contribution in [1.82, 2.24) is 0 Å². The van der Waals surface area contributed by atoms with Crippen molar-refractivity contribution in [1.29, 1.82) is 0 Å². The van der Waals surface area contributed by atoms with Gasteiger partial charge in [-0.15, -0.1) is 0 Å². The van der Waals surface area contributed by atoms with Gasteiger partial charge in [0.1, 0.15) is 11.6 Å². The molecule has 1 N–H and O–H groups in total. The zero-order valence-corrected chi connectivity index (χ0v) is 11.0. The van der Waals surface area contributed by atoms with E-state index in [2.05, 4.69) is 15.9 Å². The molecule has 0 saturated carbocycles. The number of hydrogen-bond donors (Lipinski definition) is 1. The molecule has 0 saturated heterocycles. The molecule has 3 nitrogen and oxygen atoms in total. The fourth-order valence-corrected chi connectivity index (χ4v) is 1.83. The molecule has 5 heteroatoms. The molecule has 0 spiro atoms. The number of halogens is 2. The molecule has 0 radical (unpaired) electrons. The van der Waals surface area contributed by atoms with Gasteiger partial charge in [-0.1, -0.05) is 29.3 Å². The first kappa shape index (κ1) is 14.0. The molecule has 1 aromatic rings. The van der Waals surface area contributed by atoms with Gasteiger partial charge >= 0.3 is 5.97 Å². The van der Waals surface area contributed by atoms with E-state index in [9.17, 15) is 9.18 Å². The van der Waals surface area contributed by atoms with Crippen molar-refractivity contribution in [2.45, 2.75) is 32.3 Å². The quantitative estimate of drug-likeness (QED) is 0.873. The lowest BCUT2D eigenvalue weighted by Crippen LogP contribution is -2.26. The van der Waals surface area contributed by atoms with Crippen LogP contribution in [0, 0.1) is 5.82 Å². The fourth-order valence-electron chi connectivity index (χ4n) is 1.38. The van der Waals surface area contributed by atoms with Gasteiger partial charge in [0.05, 0.1) is 0 Å². The van der Waals surface area contributed by atoms with Crippen LogP contribution < -0.4 is 4.74 Å². The van der Waals surface area contributed by atoms with Crippen molar-refractivity contribution < 1.29 is 19.0 Å². The normalized spacial score (nSPS) is 12.2. The summed E-state index contributed by atoms with van der Waals surface area (Å²) in [5, 5.41) is 8.97. The minimum absolute atomic E-state index is 0.223.